The molecule has 3 heterocycles. The monoisotopic (exact) mass is 285 g/mol. The topological polar surface area (TPSA) is 47.3 Å². The summed E-state index contributed by atoms with van der Waals surface area (Å²) < 4.78 is 2.15. The summed E-state index contributed by atoms with van der Waals surface area (Å²) in [7, 11) is 0. The predicted octanol–water partition coefficient (Wildman–Crippen LogP) is 3.19. The van der Waals surface area contributed by atoms with E-state index in [9.17, 15) is 0 Å². The molecule has 5 rings (SSSR count). The number of benzene rings is 2. The van der Waals surface area contributed by atoms with Crippen LogP contribution in [-0.4, -0.2) is 14.5 Å². The predicted molar refractivity (Wildman–Crippen MR) is 88.1 cm³/mol. The maximum absolute atomic E-state index is 4.39. The summed E-state index contributed by atoms with van der Waals surface area (Å²) in [5.74, 6) is 0.993. The number of nitrogens with zero attached hydrogens (tertiary/aromatic N) is 3. The molecule has 0 amide bonds. The van der Waals surface area contributed by atoms with Crippen LogP contribution >= 0.6 is 0 Å². The van der Waals surface area contributed by atoms with Crippen molar-refractivity contribution in [1.82, 2.24) is 14.5 Å². The quantitative estimate of drug-likeness (QED) is 0.481. The lowest BCUT2D eigenvalue weighted by Gasteiger charge is -2.00. The molecule has 2 aromatic heterocycles. The number of quaternary nitrogens is 1. The molecule has 0 aliphatic carbocycles. The molecule has 1 aliphatic rings. The Kier molecular flexibility index (Phi) is 2.13. The second kappa shape index (κ2) is 4.02. The normalized spacial score (nSPS) is 12.5. The largest absolute Gasteiger partial charge is 0.316 e. The molecule has 0 atom stereocenters. The van der Waals surface area contributed by atoms with Crippen molar-refractivity contribution in [2.45, 2.75) is 0 Å². The fourth-order valence-corrected chi connectivity index (χ4v) is 3.50. The summed E-state index contributed by atoms with van der Waals surface area (Å²) in [6.07, 6.45) is 5.37. The van der Waals surface area contributed by atoms with Crippen molar-refractivity contribution in [3.05, 3.63) is 55.5 Å². The molecule has 0 unspecified atom stereocenters. The molecule has 1 aliphatic heterocycles. The van der Waals surface area contributed by atoms with Gasteiger partial charge in [-0.25, -0.2) is 4.98 Å². The van der Waals surface area contributed by atoms with E-state index in [1.165, 1.54) is 33.1 Å². The molecule has 0 fully saturated rings. The van der Waals surface area contributed by atoms with Crippen LogP contribution in [0.2, 0.25) is 0 Å². The Morgan fingerprint density at radius 1 is 1.05 bits per heavy atom. The van der Waals surface area contributed by atoms with Crippen LogP contribution in [0.4, 0.5) is 11.5 Å². The average molecular weight is 285 g/mol. The number of nitrogens with two attached hydrogens (primary N) is 1. The van der Waals surface area contributed by atoms with Gasteiger partial charge in [-0.1, -0.05) is 24.8 Å². The van der Waals surface area contributed by atoms with Gasteiger partial charge in [0.05, 0.1) is 27.5 Å². The minimum atomic E-state index is 0.993. The molecular formula is C18H13N4+. The summed E-state index contributed by atoms with van der Waals surface area (Å²) in [6, 6.07) is 12.8. The standard InChI is InChI=1S/C18H12N4/c1-2-22-14-6-4-3-5-12(14)16-15(22)8-7-11-13-9-19-10-20-18(13)21-17(11)16/h2-10H,1H2,(H,19,20,21)/p+1. The van der Waals surface area contributed by atoms with Crippen LogP contribution in [0.15, 0.2) is 55.5 Å². The Hall–Kier alpha value is -2.98. The third-order valence-corrected chi connectivity index (χ3v) is 4.41. The molecule has 0 radical (unpaired) electrons. The number of fused-ring (bicyclic) bond motifs is 7. The fraction of sp³-hybridized carbons (Fsp3) is 0. The molecule has 0 saturated heterocycles. The molecule has 0 bridgehead atoms. The molecule has 2 N–H and O–H groups in total. The van der Waals surface area contributed by atoms with Crippen LogP contribution in [0.5, 0.6) is 0 Å². The molecule has 4 heteroatoms. The van der Waals surface area contributed by atoms with Gasteiger partial charge in [0.1, 0.15) is 6.33 Å². The molecule has 0 saturated carbocycles. The Balaban J connectivity index is 1.99. The van der Waals surface area contributed by atoms with Gasteiger partial charge in [-0.3, -0.25) is 5.32 Å². The van der Waals surface area contributed by atoms with Gasteiger partial charge in [0.15, 0.2) is 5.69 Å². The summed E-state index contributed by atoms with van der Waals surface area (Å²) in [5.41, 5.74) is 5.89. The first kappa shape index (κ1) is 11.7. The van der Waals surface area contributed by atoms with Gasteiger partial charge in [0, 0.05) is 17.8 Å². The summed E-state index contributed by atoms with van der Waals surface area (Å²) >= 11 is 0. The van der Waals surface area contributed by atoms with Gasteiger partial charge >= 0.3 is 0 Å². The highest BCUT2D eigenvalue weighted by molar-refractivity contribution is 6.16. The lowest BCUT2D eigenvalue weighted by atomic mass is 10.0. The minimum absolute atomic E-state index is 0.993. The van der Waals surface area contributed by atoms with E-state index in [0.29, 0.717) is 0 Å². The van der Waals surface area contributed by atoms with Gasteiger partial charge in [0.25, 0.3) is 0 Å². The molecule has 4 aromatic rings. The highest BCUT2D eigenvalue weighted by atomic mass is 15.1. The fourth-order valence-electron chi connectivity index (χ4n) is 3.50. The van der Waals surface area contributed by atoms with Gasteiger partial charge in [0.2, 0.25) is 5.82 Å². The third-order valence-electron chi connectivity index (χ3n) is 4.41. The first-order chi connectivity index (χ1) is 10.9. The van der Waals surface area contributed by atoms with E-state index in [1.807, 2.05) is 12.4 Å². The van der Waals surface area contributed by atoms with Crippen molar-refractivity contribution < 1.29 is 5.32 Å². The van der Waals surface area contributed by atoms with E-state index >= 15 is 0 Å². The highest BCUT2D eigenvalue weighted by Crippen LogP contribution is 2.42. The minimum Gasteiger partial charge on any atom is -0.316 e. The first-order valence-electron chi connectivity index (χ1n) is 7.22. The van der Waals surface area contributed by atoms with Crippen LogP contribution in [0.1, 0.15) is 0 Å². The van der Waals surface area contributed by atoms with E-state index in [4.69, 9.17) is 0 Å². The number of aromatic nitrogens is 3. The van der Waals surface area contributed by atoms with Crippen LogP contribution in [0.3, 0.4) is 0 Å². The molecule has 104 valence electrons. The second-order valence-electron chi connectivity index (χ2n) is 5.46. The van der Waals surface area contributed by atoms with E-state index in [1.54, 1.807) is 6.33 Å². The maximum Gasteiger partial charge on any atom is 0.240 e. The van der Waals surface area contributed by atoms with Gasteiger partial charge in [-0.2, -0.15) is 4.98 Å². The number of rotatable bonds is 1. The number of hydrogen-bond acceptors (Lipinski definition) is 2. The Morgan fingerprint density at radius 3 is 2.86 bits per heavy atom. The SMILES string of the molecule is C=Cn1c2ccccc2c2c3c(ccc21)-c1cncnc1[NH2+]3. The van der Waals surface area contributed by atoms with Crippen LogP contribution in [0.25, 0.3) is 39.1 Å². The zero-order valence-electron chi connectivity index (χ0n) is 11.8. The van der Waals surface area contributed by atoms with Crippen molar-refractivity contribution in [3.63, 3.8) is 0 Å². The summed E-state index contributed by atoms with van der Waals surface area (Å²) in [4.78, 5) is 8.56. The Labute approximate surface area is 126 Å². The van der Waals surface area contributed by atoms with Crippen molar-refractivity contribution in [3.8, 4) is 11.1 Å². The lowest BCUT2D eigenvalue weighted by molar-refractivity contribution is -0.475. The molecule has 2 aromatic carbocycles. The van der Waals surface area contributed by atoms with E-state index in [-0.39, 0.29) is 0 Å². The maximum atomic E-state index is 4.39. The third kappa shape index (κ3) is 1.30. The van der Waals surface area contributed by atoms with Gasteiger partial charge < -0.3 is 4.57 Å². The summed E-state index contributed by atoms with van der Waals surface area (Å²) in [6.45, 7) is 3.97. The highest BCUT2D eigenvalue weighted by Gasteiger charge is 2.28. The smallest absolute Gasteiger partial charge is 0.240 e. The Bertz CT molecular complexity index is 1080. The Morgan fingerprint density at radius 2 is 1.95 bits per heavy atom. The van der Waals surface area contributed by atoms with Crippen molar-refractivity contribution in [1.29, 1.82) is 0 Å². The van der Waals surface area contributed by atoms with Crippen LogP contribution < -0.4 is 5.32 Å². The molecular weight excluding hydrogens is 272 g/mol. The van der Waals surface area contributed by atoms with Crippen molar-refractivity contribution >= 4 is 39.5 Å². The zero-order chi connectivity index (χ0) is 14.7. The molecule has 4 nitrogen and oxygen atoms in total. The number of para-hydroxylation sites is 1. The van der Waals surface area contributed by atoms with E-state index in [2.05, 4.69) is 62.8 Å². The zero-order valence-corrected chi connectivity index (χ0v) is 11.8. The van der Waals surface area contributed by atoms with Crippen molar-refractivity contribution in [2.24, 2.45) is 0 Å². The average Bonchev–Trinajstić information content (AvgIpc) is 3.09. The van der Waals surface area contributed by atoms with Gasteiger partial charge in [-0.05, 0) is 18.2 Å². The first-order valence-corrected chi connectivity index (χ1v) is 7.22. The van der Waals surface area contributed by atoms with Crippen molar-refractivity contribution in [2.75, 3.05) is 0 Å². The van der Waals surface area contributed by atoms with Crippen LogP contribution in [-0.2, 0) is 0 Å². The van der Waals surface area contributed by atoms with Crippen LogP contribution in [0, 0.1) is 0 Å². The lowest BCUT2D eigenvalue weighted by Crippen LogP contribution is -2.70. The molecule has 0 spiro atoms. The van der Waals surface area contributed by atoms with Gasteiger partial charge in [-0.15, -0.1) is 0 Å². The summed E-state index contributed by atoms with van der Waals surface area (Å²) in [5, 5.41) is 4.66. The number of hydrogen-bond donors (Lipinski definition) is 1. The van der Waals surface area contributed by atoms with E-state index in [0.717, 1.165) is 11.4 Å². The molecule has 22 heavy (non-hydrogen) atoms. The second-order valence-corrected chi connectivity index (χ2v) is 5.46. The van der Waals surface area contributed by atoms with E-state index < -0.39 is 0 Å².